The van der Waals surface area contributed by atoms with E-state index >= 15 is 0 Å². The molecule has 106 valence electrons. The topological polar surface area (TPSA) is 57.6 Å². The first-order valence-corrected chi connectivity index (χ1v) is 7.23. The molecule has 20 heavy (non-hydrogen) atoms. The van der Waals surface area contributed by atoms with E-state index in [1.807, 2.05) is 4.90 Å². The summed E-state index contributed by atoms with van der Waals surface area (Å²) < 4.78 is 14.3. The standard InChI is InChI=1S/C14H13BrFNO3/c1-6-11-10(4-9(15)12(6)16)17(7-2-3-7)5-8(13(11)18)14(19)20/h4,7-8H,2-3,5H2,1H3,(H,19,20). The van der Waals surface area contributed by atoms with Crippen molar-refractivity contribution in [2.24, 2.45) is 5.92 Å². The van der Waals surface area contributed by atoms with Gasteiger partial charge in [0.2, 0.25) is 0 Å². The van der Waals surface area contributed by atoms with Crippen LogP contribution in [0.2, 0.25) is 0 Å². The summed E-state index contributed by atoms with van der Waals surface area (Å²) in [6, 6.07) is 1.85. The van der Waals surface area contributed by atoms with Crippen molar-refractivity contribution in [3.63, 3.8) is 0 Å². The van der Waals surface area contributed by atoms with Crippen LogP contribution in [-0.4, -0.2) is 29.4 Å². The van der Waals surface area contributed by atoms with Gasteiger partial charge in [0.15, 0.2) is 5.78 Å². The van der Waals surface area contributed by atoms with Crippen molar-refractivity contribution in [3.05, 3.63) is 27.5 Å². The third kappa shape index (κ3) is 1.93. The number of aliphatic carboxylic acids is 1. The number of halogens is 2. The van der Waals surface area contributed by atoms with E-state index in [0.29, 0.717) is 10.2 Å². The molecule has 1 fully saturated rings. The molecule has 1 aromatic rings. The van der Waals surface area contributed by atoms with Crippen molar-refractivity contribution in [3.8, 4) is 0 Å². The number of hydrogen-bond acceptors (Lipinski definition) is 3. The lowest BCUT2D eigenvalue weighted by Gasteiger charge is -2.35. The van der Waals surface area contributed by atoms with E-state index in [1.54, 1.807) is 6.07 Å². The lowest BCUT2D eigenvalue weighted by Crippen LogP contribution is -2.44. The van der Waals surface area contributed by atoms with Crippen LogP contribution in [-0.2, 0) is 4.79 Å². The molecule has 0 aromatic heterocycles. The Labute approximate surface area is 123 Å². The summed E-state index contributed by atoms with van der Waals surface area (Å²) in [6.07, 6.45) is 1.96. The molecule has 3 rings (SSSR count). The van der Waals surface area contributed by atoms with Gasteiger partial charge >= 0.3 is 5.97 Å². The zero-order chi connectivity index (χ0) is 14.6. The van der Waals surface area contributed by atoms with Crippen LogP contribution in [0.4, 0.5) is 10.1 Å². The van der Waals surface area contributed by atoms with Crippen molar-refractivity contribution in [1.82, 2.24) is 0 Å². The molecule has 4 nitrogen and oxygen atoms in total. The second-order valence-electron chi connectivity index (χ2n) is 5.33. The third-order valence-corrected chi connectivity index (χ3v) is 4.55. The summed E-state index contributed by atoms with van der Waals surface area (Å²) >= 11 is 3.16. The van der Waals surface area contributed by atoms with Crippen molar-refractivity contribution in [2.45, 2.75) is 25.8 Å². The average molecular weight is 342 g/mol. The molecule has 0 radical (unpaired) electrons. The van der Waals surface area contributed by atoms with Gasteiger partial charge < -0.3 is 10.0 Å². The number of ketones is 1. The first-order chi connectivity index (χ1) is 9.41. The van der Waals surface area contributed by atoms with Crippen LogP contribution in [0.1, 0.15) is 28.8 Å². The number of Topliss-reactive ketones (excluding diaryl/α,β-unsaturated/α-hetero) is 1. The van der Waals surface area contributed by atoms with Gasteiger partial charge in [0.1, 0.15) is 11.7 Å². The fraction of sp³-hybridized carbons (Fsp3) is 0.429. The van der Waals surface area contributed by atoms with Crippen molar-refractivity contribution < 1.29 is 19.1 Å². The zero-order valence-corrected chi connectivity index (χ0v) is 12.4. The second kappa shape index (κ2) is 4.55. The molecule has 0 bridgehead atoms. The largest absolute Gasteiger partial charge is 0.481 e. The molecular weight excluding hydrogens is 329 g/mol. The van der Waals surface area contributed by atoms with Gasteiger partial charge in [-0.1, -0.05) is 0 Å². The van der Waals surface area contributed by atoms with Gasteiger partial charge in [-0.05, 0) is 47.3 Å². The van der Waals surface area contributed by atoms with E-state index in [-0.39, 0.29) is 23.7 Å². The summed E-state index contributed by atoms with van der Waals surface area (Å²) in [5.41, 5.74) is 1.09. The van der Waals surface area contributed by atoms with Crippen LogP contribution in [0, 0.1) is 18.7 Å². The van der Waals surface area contributed by atoms with E-state index < -0.39 is 23.5 Å². The molecule has 0 saturated heterocycles. The average Bonchev–Trinajstić information content (AvgIpc) is 3.20. The van der Waals surface area contributed by atoms with Gasteiger partial charge in [-0.3, -0.25) is 9.59 Å². The van der Waals surface area contributed by atoms with Gasteiger partial charge in [-0.25, -0.2) is 4.39 Å². The Morgan fingerprint density at radius 2 is 2.15 bits per heavy atom. The van der Waals surface area contributed by atoms with E-state index in [2.05, 4.69) is 15.9 Å². The van der Waals surface area contributed by atoms with Gasteiger partial charge in [0, 0.05) is 23.8 Å². The minimum Gasteiger partial charge on any atom is -0.481 e. The Morgan fingerprint density at radius 3 is 2.70 bits per heavy atom. The van der Waals surface area contributed by atoms with Crippen molar-refractivity contribution in [1.29, 1.82) is 0 Å². The Hall–Kier alpha value is -1.43. The van der Waals surface area contributed by atoms with E-state index in [4.69, 9.17) is 0 Å². The maximum absolute atomic E-state index is 14.0. The summed E-state index contributed by atoms with van der Waals surface area (Å²) in [5.74, 6) is -3.25. The highest BCUT2D eigenvalue weighted by Crippen LogP contribution is 2.42. The predicted octanol–water partition coefficient (Wildman–Crippen LogP) is 2.76. The van der Waals surface area contributed by atoms with Crippen LogP contribution in [0.5, 0.6) is 0 Å². The maximum Gasteiger partial charge on any atom is 0.316 e. The molecule has 2 aliphatic rings. The Balaban J connectivity index is 2.20. The highest BCUT2D eigenvalue weighted by molar-refractivity contribution is 9.10. The summed E-state index contributed by atoms with van der Waals surface area (Å²) in [4.78, 5) is 25.6. The lowest BCUT2D eigenvalue weighted by atomic mass is 9.88. The molecule has 1 N–H and O–H groups in total. The first kappa shape index (κ1) is 13.5. The van der Waals surface area contributed by atoms with E-state index in [9.17, 15) is 19.1 Å². The number of fused-ring (bicyclic) bond motifs is 1. The van der Waals surface area contributed by atoms with Crippen LogP contribution in [0.25, 0.3) is 0 Å². The third-order valence-electron chi connectivity index (χ3n) is 3.97. The number of anilines is 1. The molecule has 0 spiro atoms. The van der Waals surface area contributed by atoms with Gasteiger partial charge in [0.05, 0.1) is 4.47 Å². The van der Waals surface area contributed by atoms with E-state index in [0.717, 1.165) is 12.8 Å². The molecule has 6 heteroatoms. The highest BCUT2D eigenvalue weighted by atomic mass is 79.9. The highest BCUT2D eigenvalue weighted by Gasteiger charge is 2.43. The second-order valence-corrected chi connectivity index (χ2v) is 6.18. The summed E-state index contributed by atoms with van der Waals surface area (Å²) in [7, 11) is 0. The number of carboxylic acids is 1. The Kier molecular flexibility index (Phi) is 3.08. The number of carboxylic acid groups (broad SMARTS) is 1. The van der Waals surface area contributed by atoms with Gasteiger partial charge in [-0.15, -0.1) is 0 Å². The zero-order valence-electron chi connectivity index (χ0n) is 10.8. The number of carbonyl (C=O) groups excluding carboxylic acids is 1. The fourth-order valence-electron chi connectivity index (χ4n) is 2.75. The number of carbonyl (C=O) groups is 2. The molecule has 1 aliphatic heterocycles. The molecule has 1 saturated carbocycles. The number of benzene rings is 1. The van der Waals surface area contributed by atoms with Crippen LogP contribution >= 0.6 is 15.9 Å². The molecule has 1 aromatic carbocycles. The first-order valence-electron chi connectivity index (χ1n) is 6.44. The normalized spacial score (nSPS) is 21.9. The number of rotatable bonds is 2. The van der Waals surface area contributed by atoms with Crippen molar-refractivity contribution in [2.75, 3.05) is 11.4 Å². The minimum atomic E-state index is -1.14. The fourth-order valence-corrected chi connectivity index (χ4v) is 3.26. The van der Waals surface area contributed by atoms with Crippen molar-refractivity contribution >= 4 is 33.4 Å². The van der Waals surface area contributed by atoms with E-state index in [1.165, 1.54) is 6.92 Å². The Morgan fingerprint density at radius 1 is 1.50 bits per heavy atom. The van der Waals surface area contributed by atoms with Gasteiger partial charge in [-0.2, -0.15) is 0 Å². The number of hydrogen-bond donors (Lipinski definition) is 1. The lowest BCUT2D eigenvalue weighted by molar-refractivity contribution is -0.139. The summed E-state index contributed by atoms with van der Waals surface area (Å²) in [5, 5.41) is 9.22. The SMILES string of the molecule is Cc1c(F)c(Br)cc2c1C(=O)C(C(=O)O)CN2C1CC1. The smallest absolute Gasteiger partial charge is 0.316 e. The maximum atomic E-state index is 14.0. The monoisotopic (exact) mass is 341 g/mol. The molecular formula is C14H13BrFNO3. The molecule has 1 aliphatic carbocycles. The molecule has 0 amide bonds. The Bertz CT molecular complexity index is 627. The summed E-state index contributed by atoms with van der Waals surface area (Å²) in [6.45, 7) is 1.69. The molecule has 1 unspecified atom stereocenters. The van der Waals surface area contributed by atoms with Crippen LogP contribution in [0.15, 0.2) is 10.5 Å². The predicted molar refractivity (Wildman–Crippen MR) is 74.7 cm³/mol. The van der Waals surface area contributed by atoms with Gasteiger partial charge in [0.25, 0.3) is 0 Å². The number of nitrogens with zero attached hydrogens (tertiary/aromatic N) is 1. The molecule has 1 heterocycles. The van der Waals surface area contributed by atoms with Crippen LogP contribution in [0.3, 0.4) is 0 Å². The molecule has 1 atom stereocenters. The quantitative estimate of drug-likeness (QED) is 0.840. The minimum absolute atomic E-state index is 0.170. The van der Waals surface area contributed by atoms with Crippen LogP contribution < -0.4 is 4.90 Å².